The van der Waals surface area contributed by atoms with Crippen LogP contribution in [0.5, 0.6) is 0 Å². The quantitative estimate of drug-likeness (QED) is 0.630. The van der Waals surface area contributed by atoms with Crippen molar-refractivity contribution in [2.24, 2.45) is 5.10 Å². The first-order valence-electron chi connectivity index (χ1n) is 7.43. The number of nitrogens with zero attached hydrogens (tertiary/aromatic N) is 4. The fourth-order valence-electron chi connectivity index (χ4n) is 2.31. The summed E-state index contributed by atoms with van der Waals surface area (Å²) in [5, 5.41) is 16.4. The summed E-state index contributed by atoms with van der Waals surface area (Å²) in [5.41, 5.74) is 1.02. The number of para-hydroxylation sites is 1. The van der Waals surface area contributed by atoms with Crippen LogP contribution in [0.4, 0.5) is 5.69 Å². The van der Waals surface area contributed by atoms with Crippen molar-refractivity contribution in [1.29, 1.82) is 0 Å². The molecule has 126 valence electrons. The second kappa shape index (κ2) is 6.91. The van der Waals surface area contributed by atoms with Crippen LogP contribution >= 0.6 is 0 Å². The van der Waals surface area contributed by atoms with Gasteiger partial charge >= 0.3 is 0 Å². The van der Waals surface area contributed by atoms with Gasteiger partial charge in [0.15, 0.2) is 0 Å². The Morgan fingerprint density at radius 2 is 2.12 bits per heavy atom. The molecular weight excluding hydrogens is 324 g/mol. The predicted molar refractivity (Wildman–Crippen MR) is 90.3 cm³/mol. The maximum atomic E-state index is 11.8. The molecule has 1 amide bonds. The highest BCUT2D eigenvalue weighted by molar-refractivity contribution is 5.96. The molecule has 0 radical (unpaired) electrons. The van der Waals surface area contributed by atoms with E-state index in [1.54, 1.807) is 54.9 Å². The largest absolute Gasteiger partial charge is 0.446 e. The summed E-state index contributed by atoms with van der Waals surface area (Å²) in [6.45, 7) is 1.37. The van der Waals surface area contributed by atoms with Gasteiger partial charge in [-0.15, -0.1) is 5.10 Å². The molecule has 8 nitrogen and oxygen atoms in total. The summed E-state index contributed by atoms with van der Waals surface area (Å²) in [7, 11) is 0. The number of nitro benzene ring substituents is 1. The van der Waals surface area contributed by atoms with Crippen molar-refractivity contribution in [2.45, 2.75) is 13.2 Å². The van der Waals surface area contributed by atoms with Crippen molar-refractivity contribution in [3.8, 4) is 0 Å². The van der Waals surface area contributed by atoms with Crippen molar-refractivity contribution in [2.75, 3.05) is 0 Å². The lowest BCUT2D eigenvalue weighted by Gasteiger charge is -2.15. The Balaban J connectivity index is 1.86. The number of carbonyl (C=O) groups excluding carboxylic acids is 1. The molecule has 0 fully saturated rings. The number of amides is 1. The van der Waals surface area contributed by atoms with Gasteiger partial charge in [0, 0.05) is 25.4 Å². The lowest BCUT2D eigenvalue weighted by molar-refractivity contribution is -0.385. The first-order chi connectivity index (χ1) is 12.1. The first-order valence-corrected chi connectivity index (χ1v) is 7.43. The molecule has 0 aliphatic carbocycles. The molecule has 0 saturated heterocycles. The van der Waals surface area contributed by atoms with Crippen LogP contribution < -0.4 is 0 Å². The van der Waals surface area contributed by atoms with Gasteiger partial charge in [-0.05, 0) is 30.4 Å². The highest BCUT2D eigenvalue weighted by Crippen LogP contribution is 2.22. The van der Waals surface area contributed by atoms with Crippen molar-refractivity contribution >= 4 is 23.6 Å². The van der Waals surface area contributed by atoms with Crippen molar-refractivity contribution in [3.63, 3.8) is 0 Å². The van der Waals surface area contributed by atoms with Gasteiger partial charge < -0.3 is 4.74 Å². The molecule has 0 bridgehead atoms. The van der Waals surface area contributed by atoms with Crippen LogP contribution in [-0.4, -0.2) is 32.9 Å². The Morgan fingerprint density at radius 1 is 1.32 bits per heavy atom. The van der Waals surface area contributed by atoms with E-state index in [1.807, 2.05) is 0 Å². The zero-order valence-electron chi connectivity index (χ0n) is 13.3. The van der Waals surface area contributed by atoms with E-state index >= 15 is 0 Å². The number of nitro groups is 1. The lowest BCUT2D eigenvalue weighted by atomic mass is 10.1. The van der Waals surface area contributed by atoms with E-state index in [2.05, 4.69) is 10.1 Å². The topological polar surface area (TPSA) is 97.9 Å². The van der Waals surface area contributed by atoms with Gasteiger partial charge in [-0.1, -0.05) is 12.1 Å². The summed E-state index contributed by atoms with van der Waals surface area (Å²) in [5.74, 6) is -0.0448. The number of carbonyl (C=O) groups is 1. The molecule has 1 aromatic heterocycles. The lowest BCUT2D eigenvalue weighted by Crippen LogP contribution is -2.30. The van der Waals surface area contributed by atoms with E-state index in [0.29, 0.717) is 11.1 Å². The smallest absolute Gasteiger partial charge is 0.276 e. The van der Waals surface area contributed by atoms with E-state index in [9.17, 15) is 14.9 Å². The highest BCUT2D eigenvalue weighted by Gasteiger charge is 2.29. The van der Waals surface area contributed by atoms with Crippen LogP contribution in [0.3, 0.4) is 0 Å². The van der Waals surface area contributed by atoms with E-state index < -0.39 is 11.2 Å². The van der Waals surface area contributed by atoms with Crippen LogP contribution in [0.15, 0.2) is 60.0 Å². The Kier molecular flexibility index (Phi) is 4.51. The Morgan fingerprint density at radius 3 is 2.80 bits per heavy atom. The Hall–Kier alpha value is -3.55. The number of ether oxygens (including phenoxy) is 1. The number of pyridine rings is 1. The number of rotatable bonds is 4. The fourth-order valence-corrected chi connectivity index (χ4v) is 2.31. The van der Waals surface area contributed by atoms with E-state index in [0.717, 1.165) is 0 Å². The maximum Gasteiger partial charge on any atom is 0.276 e. The van der Waals surface area contributed by atoms with Crippen LogP contribution in [0.25, 0.3) is 6.08 Å². The van der Waals surface area contributed by atoms with Crippen molar-refractivity contribution in [3.05, 3.63) is 76.1 Å². The van der Waals surface area contributed by atoms with E-state index in [-0.39, 0.29) is 17.5 Å². The molecule has 2 aromatic rings. The number of benzene rings is 1. The minimum absolute atomic E-state index is 0.0282. The number of aromatic nitrogens is 1. The molecule has 1 unspecified atom stereocenters. The Labute approximate surface area is 143 Å². The van der Waals surface area contributed by atoms with Crippen LogP contribution in [-0.2, 0) is 9.53 Å². The van der Waals surface area contributed by atoms with Crippen molar-refractivity contribution < 1.29 is 14.5 Å². The molecule has 0 N–H and O–H groups in total. The van der Waals surface area contributed by atoms with E-state index in [4.69, 9.17) is 4.74 Å². The summed E-state index contributed by atoms with van der Waals surface area (Å²) in [6, 6.07) is 9.81. The van der Waals surface area contributed by atoms with Crippen LogP contribution in [0.2, 0.25) is 0 Å². The summed E-state index contributed by atoms with van der Waals surface area (Å²) in [6.07, 6.45) is 5.50. The SMILES string of the molecule is CC(=O)N1N=C(c2cccnc2)OC1/C=C/c1ccccc1[N+](=O)[O-]. The van der Waals surface area contributed by atoms with Gasteiger partial charge in [-0.25, -0.2) is 0 Å². The summed E-state index contributed by atoms with van der Waals surface area (Å²) in [4.78, 5) is 26.4. The third-order valence-corrected chi connectivity index (χ3v) is 3.48. The molecule has 0 spiro atoms. The van der Waals surface area contributed by atoms with E-state index in [1.165, 1.54) is 18.0 Å². The number of hydrogen-bond donors (Lipinski definition) is 0. The normalized spacial score (nSPS) is 16.6. The number of hydrogen-bond acceptors (Lipinski definition) is 6. The third-order valence-electron chi connectivity index (χ3n) is 3.48. The number of hydrazone groups is 1. The van der Waals surface area contributed by atoms with Gasteiger partial charge in [0.25, 0.3) is 5.69 Å². The second-order valence-electron chi connectivity index (χ2n) is 5.19. The zero-order valence-corrected chi connectivity index (χ0v) is 13.3. The molecule has 3 rings (SSSR count). The van der Waals surface area contributed by atoms with Gasteiger partial charge in [-0.3, -0.25) is 19.9 Å². The molecule has 1 aliphatic rings. The molecule has 1 aromatic carbocycles. The summed E-state index contributed by atoms with van der Waals surface area (Å²) < 4.78 is 5.70. The van der Waals surface area contributed by atoms with Gasteiger partial charge in [0.2, 0.25) is 18.0 Å². The third kappa shape index (κ3) is 3.52. The molecule has 25 heavy (non-hydrogen) atoms. The summed E-state index contributed by atoms with van der Waals surface area (Å²) >= 11 is 0. The zero-order chi connectivity index (χ0) is 17.8. The van der Waals surface area contributed by atoms with Gasteiger partial charge in [0.05, 0.1) is 16.1 Å². The first kappa shape index (κ1) is 16.3. The van der Waals surface area contributed by atoms with Gasteiger partial charge in [-0.2, -0.15) is 5.01 Å². The van der Waals surface area contributed by atoms with Crippen LogP contribution in [0.1, 0.15) is 18.1 Å². The molecule has 1 atom stereocenters. The fraction of sp³-hybridized carbons (Fsp3) is 0.118. The minimum Gasteiger partial charge on any atom is -0.446 e. The molecule has 8 heteroatoms. The second-order valence-corrected chi connectivity index (χ2v) is 5.19. The standard InChI is InChI=1S/C17H14N4O4/c1-12(22)20-16(25-17(19-20)14-6-4-10-18-11-14)9-8-13-5-2-3-7-15(13)21(23)24/h2-11,16H,1H3/b9-8+. The molecule has 0 saturated carbocycles. The average Bonchev–Trinajstić information content (AvgIpc) is 3.05. The molecular formula is C17H14N4O4. The minimum atomic E-state index is -0.785. The maximum absolute atomic E-state index is 11.8. The molecule has 1 aliphatic heterocycles. The highest BCUT2D eigenvalue weighted by atomic mass is 16.6. The molecule has 2 heterocycles. The van der Waals surface area contributed by atoms with Crippen molar-refractivity contribution in [1.82, 2.24) is 9.99 Å². The predicted octanol–water partition coefficient (Wildman–Crippen LogP) is 2.57. The average molecular weight is 338 g/mol. The van der Waals surface area contributed by atoms with Gasteiger partial charge in [0.1, 0.15) is 0 Å². The monoisotopic (exact) mass is 338 g/mol. The van der Waals surface area contributed by atoms with Crippen LogP contribution in [0, 0.1) is 10.1 Å². The Bertz CT molecular complexity index is 864.